The molecule has 2 aromatic carbocycles. The van der Waals surface area contributed by atoms with E-state index in [0.29, 0.717) is 33.9 Å². The Bertz CT molecular complexity index is 798. The van der Waals surface area contributed by atoms with Gasteiger partial charge in [-0.2, -0.15) is 0 Å². The molecule has 0 amide bonds. The second-order valence-corrected chi connectivity index (χ2v) is 7.03. The second-order valence-electron chi connectivity index (χ2n) is 5.20. The summed E-state index contributed by atoms with van der Waals surface area (Å²) in [5, 5.41) is 4.34. The van der Waals surface area contributed by atoms with E-state index >= 15 is 0 Å². The van der Waals surface area contributed by atoms with Crippen LogP contribution in [0.2, 0.25) is 10.0 Å². The van der Waals surface area contributed by atoms with Crippen molar-refractivity contribution in [2.45, 2.75) is 0 Å². The maximum absolute atomic E-state index is 6.21. The molecule has 0 radical (unpaired) electrons. The van der Waals surface area contributed by atoms with E-state index < -0.39 is 0 Å². The Morgan fingerprint density at radius 2 is 1.57 bits per heavy atom. The summed E-state index contributed by atoms with van der Waals surface area (Å²) < 4.78 is 16.8. The van der Waals surface area contributed by atoms with Crippen molar-refractivity contribution in [1.29, 1.82) is 0 Å². The Balaban J connectivity index is 1.83. The minimum absolute atomic E-state index is 0.120. The van der Waals surface area contributed by atoms with Crippen LogP contribution in [0.25, 0.3) is 0 Å². The predicted octanol–water partition coefficient (Wildman–Crippen LogP) is 6.13. The number of halogens is 4. The van der Waals surface area contributed by atoms with Crippen molar-refractivity contribution in [1.82, 2.24) is 0 Å². The molecule has 0 aliphatic rings. The van der Waals surface area contributed by atoms with Gasteiger partial charge in [-0.1, -0.05) is 51.6 Å². The fraction of sp³-hybridized carbons (Fsp3) is 0.211. The highest BCUT2D eigenvalue weighted by Gasteiger charge is 2.11. The molecule has 0 bridgehead atoms. The summed E-state index contributed by atoms with van der Waals surface area (Å²) in [5.41, 5.74) is 0.898. The van der Waals surface area contributed by atoms with Gasteiger partial charge in [0.25, 0.3) is 0 Å². The highest BCUT2D eigenvalue weighted by molar-refractivity contribution is 6.55. The van der Waals surface area contributed by atoms with Gasteiger partial charge >= 0.3 is 0 Å². The summed E-state index contributed by atoms with van der Waals surface area (Å²) in [6, 6.07) is 10.6. The van der Waals surface area contributed by atoms with Gasteiger partial charge in [-0.15, -0.1) is 0 Å². The topological polar surface area (TPSA) is 49.3 Å². The average molecular weight is 465 g/mol. The molecule has 5 nitrogen and oxygen atoms in total. The van der Waals surface area contributed by atoms with E-state index in [2.05, 4.69) is 9.99 Å². The summed E-state index contributed by atoms with van der Waals surface area (Å²) in [5.74, 6) is 1.53. The molecule has 9 heteroatoms. The molecule has 0 aromatic heterocycles. The third kappa shape index (κ3) is 7.68. The van der Waals surface area contributed by atoms with Crippen molar-refractivity contribution in [2.75, 3.05) is 26.9 Å². The van der Waals surface area contributed by atoms with Gasteiger partial charge in [-0.05, 0) is 35.9 Å². The first-order chi connectivity index (χ1) is 13.5. The van der Waals surface area contributed by atoms with Gasteiger partial charge in [0.2, 0.25) is 0 Å². The Kier molecular flexibility index (Phi) is 9.58. The molecule has 0 fully saturated rings. The zero-order valence-corrected chi connectivity index (χ0v) is 17.9. The largest absolute Gasteiger partial charge is 0.490 e. The third-order valence-corrected chi connectivity index (χ3v) is 4.12. The monoisotopic (exact) mass is 463 g/mol. The lowest BCUT2D eigenvalue weighted by molar-refractivity contribution is 0.215. The highest BCUT2D eigenvalue weighted by Crippen LogP contribution is 2.37. The van der Waals surface area contributed by atoms with E-state index in [0.717, 1.165) is 5.56 Å². The maximum Gasteiger partial charge on any atom is 0.156 e. The standard InChI is InChI=1S/C19H17Cl4NO4/c1-25-24-12-13-2-4-14(5-3-13)27-8-9-28-19-16(20)10-15(11-17(19)21)26-7-6-18(22)23/h2-6,10-12H,7-9H2,1H3/b24-12+. The van der Waals surface area contributed by atoms with Crippen molar-refractivity contribution in [2.24, 2.45) is 5.16 Å². The normalized spacial score (nSPS) is 10.6. The van der Waals surface area contributed by atoms with E-state index in [1.807, 2.05) is 24.3 Å². The molecule has 2 rings (SSSR count). The third-order valence-electron chi connectivity index (χ3n) is 3.25. The first-order valence-corrected chi connectivity index (χ1v) is 9.56. The van der Waals surface area contributed by atoms with Gasteiger partial charge in [0, 0.05) is 12.1 Å². The molecule has 0 heterocycles. The molecule has 0 aliphatic heterocycles. The summed E-state index contributed by atoms with van der Waals surface area (Å²) in [4.78, 5) is 4.63. The number of benzene rings is 2. The lowest BCUT2D eigenvalue weighted by atomic mass is 10.2. The molecule has 2 aromatic rings. The Hall–Kier alpha value is -1.79. The molecule has 0 saturated heterocycles. The maximum atomic E-state index is 6.21. The number of hydrogen-bond acceptors (Lipinski definition) is 5. The molecular formula is C19H17Cl4NO4. The van der Waals surface area contributed by atoms with Crippen molar-refractivity contribution < 1.29 is 19.0 Å². The first-order valence-electron chi connectivity index (χ1n) is 8.05. The summed E-state index contributed by atoms with van der Waals surface area (Å²) in [6.07, 6.45) is 3.11. The number of oxime groups is 1. The molecule has 0 saturated carbocycles. The van der Waals surface area contributed by atoms with Gasteiger partial charge < -0.3 is 19.0 Å². The van der Waals surface area contributed by atoms with Crippen LogP contribution in [-0.4, -0.2) is 33.1 Å². The summed E-state index contributed by atoms with van der Waals surface area (Å²) in [7, 11) is 1.49. The zero-order valence-electron chi connectivity index (χ0n) is 14.8. The molecule has 0 unspecified atom stereocenters. The average Bonchev–Trinajstić information content (AvgIpc) is 2.66. The van der Waals surface area contributed by atoms with Crippen molar-refractivity contribution >= 4 is 52.6 Å². The highest BCUT2D eigenvalue weighted by atomic mass is 35.5. The van der Waals surface area contributed by atoms with Crippen LogP contribution in [-0.2, 0) is 4.84 Å². The van der Waals surface area contributed by atoms with Gasteiger partial charge in [-0.3, -0.25) is 0 Å². The SMILES string of the molecule is CO/N=C/c1ccc(OCCOc2c(Cl)cc(OCC=C(Cl)Cl)cc2Cl)cc1. The van der Waals surface area contributed by atoms with E-state index in [4.69, 9.17) is 60.6 Å². The Morgan fingerprint density at radius 1 is 0.929 bits per heavy atom. The minimum Gasteiger partial charge on any atom is -0.490 e. The quantitative estimate of drug-likeness (QED) is 0.241. The molecular weight excluding hydrogens is 448 g/mol. The van der Waals surface area contributed by atoms with Gasteiger partial charge in [0.1, 0.15) is 42.9 Å². The van der Waals surface area contributed by atoms with E-state index in [1.165, 1.54) is 13.2 Å². The first kappa shape index (κ1) is 22.5. The lowest BCUT2D eigenvalue weighted by Gasteiger charge is -2.13. The lowest BCUT2D eigenvalue weighted by Crippen LogP contribution is -2.09. The Morgan fingerprint density at radius 3 is 2.18 bits per heavy atom. The van der Waals surface area contributed by atoms with E-state index in [1.54, 1.807) is 18.3 Å². The molecule has 0 aliphatic carbocycles. The molecule has 0 atom stereocenters. The smallest absolute Gasteiger partial charge is 0.156 e. The van der Waals surface area contributed by atoms with Crippen LogP contribution in [0, 0.1) is 0 Å². The van der Waals surface area contributed by atoms with Crippen LogP contribution in [0.15, 0.2) is 52.1 Å². The van der Waals surface area contributed by atoms with E-state index in [-0.39, 0.29) is 17.7 Å². The second kappa shape index (κ2) is 11.9. The zero-order chi connectivity index (χ0) is 20.4. The van der Waals surface area contributed by atoms with Crippen LogP contribution in [0.4, 0.5) is 0 Å². The van der Waals surface area contributed by atoms with E-state index in [9.17, 15) is 0 Å². The molecule has 28 heavy (non-hydrogen) atoms. The van der Waals surface area contributed by atoms with Gasteiger partial charge in [0.05, 0.1) is 16.3 Å². The predicted molar refractivity (Wildman–Crippen MR) is 114 cm³/mol. The summed E-state index contributed by atoms with van der Waals surface area (Å²) >= 11 is 23.5. The fourth-order valence-electron chi connectivity index (χ4n) is 2.03. The molecule has 0 spiro atoms. The van der Waals surface area contributed by atoms with Crippen LogP contribution in [0.3, 0.4) is 0 Å². The number of hydrogen-bond donors (Lipinski definition) is 0. The Labute approximate surface area is 183 Å². The van der Waals surface area contributed by atoms with Gasteiger partial charge in [0.15, 0.2) is 5.75 Å². The fourth-order valence-corrected chi connectivity index (χ4v) is 2.73. The molecule has 150 valence electrons. The van der Waals surface area contributed by atoms with Crippen LogP contribution >= 0.6 is 46.4 Å². The van der Waals surface area contributed by atoms with Crippen LogP contribution in [0.1, 0.15) is 5.56 Å². The number of ether oxygens (including phenoxy) is 3. The van der Waals surface area contributed by atoms with Crippen LogP contribution < -0.4 is 14.2 Å². The van der Waals surface area contributed by atoms with Gasteiger partial charge in [-0.25, -0.2) is 0 Å². The van der Waals surface area contributed by atoms with Crippen molar-refractivity contribution in [3.8, 4) is 17.2 Å². The minimum atomic E-state index is 0.120. The number of nitrogens with zero attached hydrogens (tertiary/aromatic N) is 1. The number of rotatable bonds is 10. The van der Waals surface area contributed by atoms with Crippen molar-refractivity contribution in [3.05, 3.63) is 62.6 Å². The van der Waals surface area contributed by atoms with Crippen molar-refractivity contribution in [3.63, 3.8) is 0 Å². The molecule has 0 N–H and O–H groups in total. The summed E-state index contributed by atoms with van der Waals surface area (Å²) in [6.45, 7) is 0.770. The van der Waals surface area contributed by atoms with Crippen LogP contribution in [0.5, 0.6) is 17.2 Å².